The van der Waals surface area contributed by atoms with Gasteiger partial charge in [-0.1, -0.05) is 0 Å². The van der Waals surface area contributed by atoms with E-state index >= 15 is 0 Å². The van der Waals surface area contributed by atoms with Crippen molar-refractivity contribution in [1.82, 2.24) is 8.61 Å². The highest BCUT2D eigenvalue weighted by Crippen LogP contribution is 2.16. The van der Waals surface area contributed by atoms with Gasteiger partial charge in [0.05, 0.1) is 6.61 Å². The molecule has 0 aromatic rings. The van der Waals surface area contributed by atoms with Crippen LogP contribution in [0.1, 0.15) is 12.8 Å². The van der Waals surface area contributed by atoms with Gasteiger partial charge in [-0.2, -0.15) is 17.0 Å². The lowest BCUT2D eigenvalue weighted by atomic mass is 10.4. The summed E-state index contributed by atoms with van der Waals surface area (Å²) in [5.41, 5.74) is 0. The average molecular weight is 266 g/mol. The first kappa shape index (κ1) is 14.4. The molecule has 0 atom stereocenters. The summed E-state index contributed by atoms with van der Waals surface area (Å²) in [6.45, 7) is 0.640. The fraction of sp³-hybridized carbons (Fsp3) is 0.889. The second-order valence-electron chi connectivity index (χ2n) is 3.83. The van der Waals surface area contributed by atoms with Crippen molar-refractivity contribution in [3.8, 4) is 0 Å². The first-order valence-corrected chi connectivity index (χ1v) is 6.84. The van der Waals surface area contributed by atoms with Crippen LogP contribution in [0.25, 0.3) is 0 Å². The topological polar surface area (TPSA) is 87.1 Å². The molecule has 0 amide bonds. The number of carboxylic acids is 1. The Morgan fingerprint density at radius 2 is 2.00 bits per heavy atom. The van der Waals surface area contributed by atoms with E-state index in [1.807, 2.05) is 0 Å². The Morgan fingerprint density at radius 1 is 1.41 bits per heavy atom. The van der Waals surface area contributed by atoms with Crippen molar-refractivity contribution in [2.75, 3.05) is 39.9 Å². The predicted octanol–water partition coefficient (Wildman–Crippen LogP) is -0.640. The summed E-state index contributed by atoms with van der Waals surface area (Å²) in [6.07, 6.45) is 1.65. The van der Waals surface area contributed by atoms with Crippen molar-refractivity contribution in [2.24, 2.45) is 0 Å². The van der Waals surface area contributed by atoms with Crippen molar-refractivity contribution >= 4 is 16.2 Å². The summed E-state index contributed by atoms with van der Waals surface area (Å²) in [6, 6.07) is 0. The number of ether oxygens (including phenoxy) is 1. The van der Waals surface area contributed by atoms with Crippen molar-refractivity contribution in [1.29, 1.82) is 0 Å². The van der Waals surface area contributed by atoms with E-state index in [9.17, 15) is 13.2 Å². The van der Waals surface area contributed by atoms with Gasteiger partial charge in [0.15, 0.2) is 0 Å². The molecule has 1 rings (SSSR count). The molecule has 7 nitrogen and oxygen atoms in total. The standard InChI is InChI=1S/C9H18N2O5S/c1-16-7-6-11(8-9(12)13)17(14,15)10-4-2-3-5-10/h2-8H2,1H3,(H,12,13). The van der Waals surface area contributed by atoms with Gasteiger partial charge in [0.2, 0.25) is 0 Å². The second-order valence-corrected chi connectivity index (χ2v) is 5.76. The van der Waals surface area contributed by atoms with E-state index in [-0.39, 0.29) is 13.2 Å². The lowest BCUT2D eigenvalue weighted by Crippen LogP contribution is -2.46. The van der Waals surface area contributed by atoms with E-state index in [1.165, 1.54) is 11.4 Å². The largest absolute Gasteiger partial charge is 0.480 e. The van der Waals surface area contributed by atoms with E-state index in [0.29, 0.717) is 13.1 Å². The van der Waals surface area contributed by atoms with Gasteiger partial charge in [0.1, 0.15) is 6.54 Å². The number of methoxy groups -OCH3 is 1. The van der Waals surface area contributed by atoms with Gasteiger partial charge < -0.3 is 9.84 Å². The third kappa shape index (κ3) is 3.91. The van der Waals surface area contributed by atoms with Crippen LogP contribution < -0.4 is 0 Å². The van der Waals surface area contributed by atoms with Crippen molar-refractivity contribution < 1.29 is 23.1 Å². The van der Waals surface area contributed by atoms with E-state index < -0.39 is 22.7 Å². The quantitative estimate of drug-likeness (QED) is 0.662. The number of nitrogens with zero attached hydrogens (tertiary/aromatic N) is 2. The summed E-state index contributed by atoms with van der Waals surface area (Å²) in [5.74, 6) is -1.16. The van der Waals surface area contributed by atoms with Crippen LogP contribution in [-0.4, -0.2) is 68.0 Å². The van der Waals surface area contributed by atoms with Crippen molar-refractivity contribution in [2.45, 2.75) is 12.8 Å². The summed E-state index contributed by atoms with van der Waals surface area (Å²) < 4.78 is 31.3. The van der Waals surface area contributed by atoms with Gasteiger partial charge in [-0.05, 0) is 12.8 Å². The summed E-state index contributed by atoms with van der Waals surface area (Å²) in [7, 11) is -2.22. The minimum absolute atomic E-state index is 0.0572. The smallest absolute Gasteiger partial charge is 0.318 e. The molecule has 0 aromatic carbocycles. The van der Waals surface area contributed by atoms with Crippen LogP contribution >= 0.6 is 0 Å². The first-order chi connectivity index (χ1) is 7.98. The Labute approximate surface area is 101 Å². The number of hydrogen-bond acceptors (Lipinski definition) is 4. The molecule has 1 saturated heterocycles. The normalized spacial score (nSPS) is 17.8. The first-order valence-electron chi connectivity index (χ1n) is 5.44. The molecule has 0 aromatic heterocycles. The average Bonchev–Trinajstić information content (AvgIpc) is 2.77. The molecule has 0 unspecified atom stereocenters. The summed E-state index contributed by atoms with van der Waals surface area (Å²) in [4.78, 5) is 10.7. The lowest BCUT2D eigenvalue weighted by molar-refractivity contribution is -0.137. The maximum absolute atomic E-state index is 12.1. The molecule has 0 saturated carbocycles. The molecule has 0 spiro atoms. The highest BCUT2D eigenvalue weighted by atomic mass is 32.2. The summed E-state index contributed by atoms with van der Waals surface area (Å²) in [5, 5.41) is 8.72. The van der Waals surface area contributed by atoms with Crippen LogP contribution in [0, 0.1) is 0 Å². The Morgan fingerprint density at radius 3 is 2.47 bits per heavy atom. The zero-order valence-electron chi connectivity index (χ0n) is 9.83. The summed E-state index contributed by atoms with van der Waals surface area (Å²) >= 11 is 0. The van der Waals surface area contributed by atoms with Gasteiger partial charge in [-0.25, -0.2) is 0 Å². The van der Waals surface area contributed by atoms with Crippen LogP contribution in [0.4, 0.5) is 0 Å². The van der Waals surface area contributed by atoms with Crippen LogP contribution in [-0.2, 0) is 19.7 Å². The third-order valence-electron chi connectivity index (χ3n) is 2.57. The van der Waals surface area contributed by atoms with Gasteiger partial charge in [-0.3, -0.25) is 4.79 Å². The maximum atomic E-state index is 12.1. The predicted molar refractivity (Wildman–Crippen MR) is 60.8 cm³/mol. The number of carbonyl (C=O) groups is 1. The molecule has 1 N–H and O–H groups in total. The molecule has 100 valence electrons. The van der Waals surface area contributed by atoms with Crippen molar-refractivity contribution in [3.05, 3.63) is 0 Å². The highest BCUT2D eigenvalue weighted by Gasteiger charge is 2.32. The molecule has 1 fully saturated rings. The van der Waals surface area contributed by atoms with Crippen LogP contribution in [0.15, 0.2) is 0 Å². The molecule has 0 bridgehead atoms. The molecule has 0 aliphatic carbocycles. The van der Waals surface area contributed by atoms with Gasteiger partial charge in [0.25, 0.3) is 10.2 Å². The van der Waals surface area contributed by atoms with E-state index in [2.05, 4.69) is 0 Å². The van der Waals surface area contributed by atoms with E-state index in [0.717, 1.165) is 17.1 Å². The molecule has 1 heterocycles. The number of aliphatic carboxylic acids is 1. The zero-order valence-corrected chi connectivity index (χ0v) is 10.6. The molecule has 1 aliphatic heterocycles. The fourth-order valence-electron chi connectivity index (χ4n) is 1.70. The molecular formula is C9H18N2O5S. The Kier molecular flexibility index (Phi) is 5.31. The highest BCUT2D eigenvalue weighted by molar-refractivity contribution is 7.86. The van der Waals surface area contributed by atoms with Crippen LogP contribution in [0.2, 0.25) is 0 Å². The minimum atomic E-state index is -3.66. The Hall–Kier alpha value is -0.700. The zero-order chi connectivity index (χ0) is 12.9. The Balaban J connectivity index is 2.75. The number of hydrogen-bond donors (Lipinski definition) is 1. The van der Waals surface area contributed by atoms with E-state index in [1.54, 1.807) is 0 Å². The SMILES string of the molecule is COCCN(CC(=O)O)S(=O)(=O)N1CCCC1. The molecular weight excluding hydrogens is 248 g/mol. The minimum Gasteiger partial charge on any atom is -0.480 e. The molecule has 1 aliphatic rings. The maximum Gasteiger partial charge on any atom is 0.318 e. The lowest BCUT2D eigenvalue weighted by Gasteiger charge is -2.25. The van der Waals surface area contributed by atoms with Crippen LogP contribution in [0.3, 0.4) is 0 Å². The Bertz CT molecular complexity index is 350. The second kappa shape index (κ2) is 6.29. The molecule has 17 heavy (non-hydrogen) atoms. The number of rotatable bonds is 7. The van der Waals surface area contributed by atoms with Gasteiger partial charge in [-0.15, -0.1) is 0 Å². The third-order valence-corrected chi connectivity index (χ3v) is 4.56. The van der Waals surface area contributed by atoms with Crippen LogP contribution in [0.5, 0.6) is 0 Å². The monoisotopic (exact) mass is 266 g/mol. The van der Waals surface area contributed by atoms with Crippen molar-refractivity contribution in [3.63, 3.8) is 0 Å². The number of carboxylic acid groups (broad SMARTS) is 1. The fourth-order valence-corrected chi connectivity index (χ4v) is 3.33. The van der Waals surface area contributed by atoms with E-state index in [4.69, 9.17) is 9.84 Å². The van der Waals surface area contributed by atoms with Gasteiger partial charge >= 0.3 is 5.97 Å². The molecule has 0 radical (unpaired) electrons. The van der Waals surface area contributed by atoms with Gasteiger partial charge in [0, 0.05) is 26.7 Å². The molecule has 8 heteroatoms.